The van der Waals surface area contributed by atoms with Gasteiger partial charge in [-0.1, -0.05) is 11.6 Å². The first-order valence-electron chi connectivity index (χ1n) is 6.04. The summed E-state index contributed by atoms with van der Waals surface area (Å²) in [6.45, 7) is 2.08. The van der Waals surface area contributed by atoms with Crippen molar-refractivity contribution in [1.82, 2.24) is 0 Å². The second-order valence-electron chi connectivity index (χ2n) is 4.34. The highest BCUT2D eigenvalue weighted by Crippen LogP contribution is 2.32. The number of hydrogen-bond donors (Lipinski definition) is 3. The van der Waals surface area contributed by atoms with Crippen LogP contribution >= 0.6 is 11.6 Å². The number of hydrogen-bond acceptors (Lipinski definition) is 2. The SMILES string of the molecule is NC(N)=NC(N)=Nc1ccc(N2CCCC2)c(Cl)c1. The molecule has 1 saturated heterocycles. The Balaban J connectivity index is 2.21. The molecule has 102 valence electrons. The molecule has 1 heterocycles. The third-order valence-electron chi connectivity index (χ3n) is 2.87. The molecule has 1 aromatic carbocycles. The summed E-state index contributed by atoms with van der Waals surface area (Å²) >= 11 is 6.26. The summed E-state index contributed by atoms with van der Waals surface area (Å²) in [6, 6.07) is 5.54. The van der Waals surface area contributed by atoms with Gasteiger partial charge in [-0.3, -0.25) is 0 Å². The zero-order valence-electron chi connectivity index (χ0n) is 10.5. The van der Waals surface area contributed by atoms with Crippen LogP contribution in [0.2, 0.25) is 5.02 Å². The van der Waals surface area contributed by atoms with Gasteiger partial charge in [-0.2, -0.15) is 4.99 Å². The Labute approximate surface area is 116 Å². The van der Waals surface area contributed by atoms with Crippen LogP contribution in [0.3, 0.4) is 0 Å². The molecule has 0 bridgehead atoms. The number of halogens is 1. The Hall–Kier alpha value is -1.95. The lowest BCUT2D eigenvalue weighted by atomic mass is 10.2. The van der Waals surface area contributed by atoms with E-state index >= 15 is 0 Å². The van der Waals surface area contributed by atoms with E-state index in [0.29, 0.717) is 10.7 Å². The molecular weight excluding hydrogens is 264 g/mol. The average molecular weight is 281 g/mol. The molecule has 6 N–H and O–H groups in total. The molecule has 7 heteroatoms. The highest BCUT2D eigenvalue weighted by Gasteiger charge is 2.15. The molecule has 0 amide bonds. The van der Waals surface area contributed by atoms with Gasteiger partial charge in [-0.15, -0.1) is 0 Å². The van der Waals surface area contributed by atoms with Crippen molar-refractivity contribution in [3.8, 4) is 0 Å². The monoisotopic (exact) mass is 280 g/mol. The Kier molecular flexibility index (Phi) is 4.11. The zero-order chi connectivity index (χ0) is 13.8. The molecule has 6 nitrogen and oxygen atoms in total. The van der Waals surface area contributed by atoms with Gasteiger partial charge in [0.2, 0.25) is 5.96 Å². The highest BCUT2D eigenvalue weighted by molar-refractivity contribution is 6.33. The lowest BCUT2D eigenvalue weighted by Gasteiger charge is -2.19. The molecule has 0 atom stereocenters. The van der Waals surface area contributed by atoms with Crippen LogP contribution < -0.4 is 22.1 Å². The Bertz CT molecular complexity index is 515. The fraction of sp³-hybridized carbons (Fsp3) is 0.333. The maximum Gasteiger partial charge on any atom is 0.223 e. The summed E-state index contributed by atoms with van der Waals surface area (Å²) in [5.74, 6) is -0.119. The van der Waals surface area contributed by atoms with Crippen molar-refractivity contribution >= 4 is 34.9 Å². The summed E-state index contributed by atoms with van der Waals surface area (Å²) in [7, 11) is 0. The minimum absolute atomic E-state index is 0.00462. The number of guanidine groups is 2. The molecule has 0 aliphatic carbocycles. The van der Waals surface area contributed by atoms with Crippen LogP contribution in [0, 0.1) is 0 Å². The van der Waals surface area contributed by atoms with Crippen LogP contribution in [0.1, 0.15) is 12.8 Å². The van der Waals surface area contributed by atoms with Crippen molar-refractivity contribution in [2.45, 2.75) is 12.8 Å². The molecule has 1 fully saturated rings. The summed E-state index contributed by atoms with van der Waals surface area (Å²) in [6.07, 6.45) is 2.40. The van der Waals surface area contributed by atoms with E-state index in [1.807, 2.05) is 12.1 Å². The van der Waals surface area contributed by atoms with Crippen molar-refractivity contribution in [2.24, 2.45) is 27.2 Å². The Morgan fingerprint density at radius 2 is 1.84 bits per heavy atom. The van der Waals surface area contributed by atoms with Crippen LogP contribution in [0.15, 0.2) is 28.2 Å². The van der Waals surface area contributed by atoms with E-state index in [4.69, 9.17) is 28.8 Å². The number of nitrogens with zero attached hydrogens (tertiary/aromatic N) is 3. The zero-order valence-corrected chi connectivity index (χ0v) is 11.3. The van der Waals surface area contributed by atoms with Crippen LogP contribution in [-0.4, -0.2) is 25.0 Å². The first-order chi connectivity index (χ1) is 9.06. The van der Waals surface area contributed by atoms with E-state index < -0.39 is 0 Å². The van der Waals surface area contributed by atoms with Gasteiger partial charge in [0.15, 0.2) is 5.96 Å². The molecule has 0 spiro atoms. The summed E-state index contributed by atoms with van der Waals surface area (Å²) in [5, 5.41) is 0.653. The molecule has 0 saturated carbocycles. The number of anilines is 1. The summed E-state index contributed by atoms with van der Waals surface area (Å²) < 4.78 is 0. The molecule has 2 rings (SSSR count). The highest BCUT2D eigenvalue weighted by atomic mass is 35.5. The maximum absolute atomic E-state index is 6.26. The minimum atomic E-state index is -0.124. The molecule has 0 unspecified atom stereocenters. The van der Waals surface area contributed by atoms with Gasteiger partial charge in [0, 0.05) is 13.1 Å². The normalized spacial score (nSPS) is 15.6. The maximum atomic E-state index is 6.26. The van der Waals surface area contributed by atoms with Crippen LogP contribution in [0.25, 0.3) is 0 Å². The summed E-state index contributed by atoms with van der Waals surface area (Å²) in [5.41, 5.74) is 17.6. The quantitative estimate of drug-likeness (QED) is 0.558. The second-order valence-corrected chi connectivity index (χ2v) is 4.74. The molecule has 0 aromatic heterocycles. The molecule has 0 radical (unpaired) electrons. The smallest absolute Gasteiger partial charge is 0.223 e. The number of benzene rings is 1. The van der Waals surface area contributed by atoms with Gasteiger partial charge < -0.3 is 22.1 Å². The first kappa shape index (κ1) is 13.5. The number of aliphatic imine (C=N–C) groups is 2. The molecule has 1 aliphatic heterocycles. The van der Waals surface area contributed by atoms with Crippen LogP contribution in [0.4, 0.5) is 11.4 Å². The van der Waals surface area contributed by atoms with E-state index in [0.717, 1.165) is 18.8 Å². The first-order valence-corrected chi connectivity index (χ1v) is 6.42. The van der Waals surface area contributed by atoms with E-state index in [1.54, 1.807) is 6.07 Å². The van der Waals surface area contributed by atoms with Crippen molar-refractivity contribution in [2.75, 3.05) is 18.0 Å². The fourth-order valence-corrected chi connectivity index (χ4v) is 2.36. The number of rotatable bonds is 2. The van der Waals surface area contributed by atoms with E-state index in [2.05, 4.69) is 14.9 Å². The van der Waals surface area contributed by atoms with Gasteiger partial charge in [0.1, 0.15) is 0 Å². The third-order valence-corrected chi connectivity index (χ3v) is 3.17. The van der Waals surface area contributed by atoms with Gasteiger partial charge in [-0.05, 0) is 31.0 Å². The summed E-state index contributed by atoms with van der Waals surface area (Å²) in [4.78, 5) is 9.98. The van der Waals surface area contributed by atoms with Gasteiger partial charge in [0.05, 0.1) is 16.4 Å². The average Bonchev–Trinajstić information content (AvgIpc) is 2.81. The second kappa shape index (κ2) is 5.79. The van der Waals surface area contributed by atoms with Gasteiger partial charge >= 0.3 is 0 Å². The Morgan fingerprint density at radius 3 is 2.42 bits per heavy atom. The molecular formula is C12H17ClN6. The van der Waals surface area contributed by atoms with E-state index in [9.17, 15) is 0 Å². The Morgan fingerprint density at radius 1 is 1.16 bits per heavy atom. The van der Waals surface area contributed by atoms with E-state index in [1.165, 1.54) is 12.8 Å². The third kappa shape index (κ3) is 3.51. The molecule has 19 heavy (non-hydrogen) atoms. The van der Waals surface area contributed by atoms with Gasteiger partial charge in [-0.25, -0.2) is 4.99 Å². The van der Waals surface area contributed by atoms with E-state index in [-0.39, 0.29) is 11.9 Å². The standard InChI is InChI=1S/C12H17ClN6/c13-9-7-8(17-12(16)18-11(14)15)3-4-10(9)19-5-1-2-6-19/h3-4,7H,1-2,5-6H2,(H6,14,15,16,17,18). The number of nitrogens with two attached hydrogens (primary N) is 3. The fourth-order valence-electron chi connectivity index (χ4n) is 2.07. The van der Waals surface area contributed by atoms with Crippen molar-refractivity contribution < 1.29 is 0 Å². The lowest BCUT2D eigenvalue weighted by Crippen LogP contribution is -2.26. The lowest BCUT2D eigenvalue weighted by molar-refractivity contribution is 0.949. The predicted octanol–water partition coefficient (Wildman–Crippen LogP) is 1.16. The molecule has 1 aromatic rings. The predicted molar refractivity (Wildman–Crippen MR) is 80.0 cm³/mol. The minimum Gasteiger partial charge on any atom is -0.370 e. The van der Waals surface area contributed by atoms with Gasteiger partial charge in [0.25, 0.3) is 0 Å². The van der Waals surface area contributed by atoms with Crippen molar-refractivity contribution in [3.05, 3.63) is 23.2 Å². The topological polar surface area (TPSA) is 106 Å². The van der Waals surface area contributed by atoms with Crippen molar-refractivity contribution in [1.29, 1.82) is 0 Å². The molecule has 1 aliphatic rings. The van der Waals surface area contributed by atoms with Crippen molar-refractivity contribution in [3.63, 3.8) is 0 Å². The van der Waals surface area contributed by atoms with Crippen LogP contribution in [-0.2, 0) is 0 Å². The van der Waals surface area contributed by atoms with Crippen LogP contribution in [0.5, 0.6) is 0 Å². The largest absolute Gasteiger partial charge is 0.370 e.